The van der Waals surface area contributed by atoms with Crippen LogP contribution in [-0.4, -0.2) is 39.0 Å². The summed E-state index contributed by atoms with van der Waals surface area (Å²) in [5.74, 6) is 1.31. The molecule has 0 aromatic carbocycles. The van der Waals surface area contributed by atoms with Crippen LogP contribution in [0.4, 0.5) is 0 Å². The van der Waals surface area contributed by atoms with E-state index in [-0.39, 0.29) is 5.91 Å². The van der Waals surface area contributed by atoms with Crippen LogP contribution in [0.15, 0.2) is 0 Å². The number of aryl methyl sites for hydroxylation is 1. The number of hydrogen-bond acceptors (Lipinski definition) is 3. The fourth-order valence-electron chi connectivity index (χ4n) is 4.51. The Labute approximate surface area is 125 Å². The number of carbonyl (C=O) groups excluding carboxylic acids is 1. The molecule has 5 nitrogen and oxygen atoms in total. The normalized spacial score (nSPS) is 31.3. The second-order valence-corrected chi connectivity index (χ2v) is 6.88. The van der Waals surface area contributed by atoms with Crippen LogP contribution in [-0.2, 0) is 17.8 Å². The van der Waals surface area contributed by atoms with Gasteiger partial charge in [-0.2, -0.15) is 0 Å². The van der Waals surface area contributed by atoms with E-state index in [1.807, 2.05) is 4.90 Å². The number of imidazole rings is 1. The zero-order chi connectivity index (χ0) is 14.6. The number of piperidine rings is 1. The Morgan fingerprint density at radius 1 is 1.29 bits per heavy atom. The van der Waals surface area contributed by atoms with E-state index in [9.17, 15) is 4.79 Å². The van der Waals surface area contributed by atoms with Crippen LogP contribution in [0, 0.1) is 6.92 Å². The van der Waals surface area contributed by atoms with Gasteiger partial charge in [0.2, 0.25) is 5.91 Å². The van der Waals surface area contributed by atoms with E-state index in [4.69, 9.17) is 4.98 Å². The molecule has 114 valence electrons. The van der Waals surface area contributed by atoms with Crippen LogP contribution >= 0.6 is 0 Å². The second-order valence-electron chi connectivity index (χ2n) is 6.88. The number of amides is 1. The van der Waals surface area contributed by atoms with E-state index < -0.39 is 0 Å². The standard InChI is InChI=1S/C16H24N4O/c1-10-17-15-5-6-19(11(2)21)9-16(15)20(10)14-7-12-3-4-13(8-14)18-12/h12-14,18H,3-9H2,1-2H3. The number of fused-ring (bicyclic) bond motifs is 3. The van der Waals surface area contributed by atoms with Gasteiger partial charge in [-0.15, -0.1) is 0 Å². The molecule has 2 fully saturated rings. The lowest BCUT2D eigenvalue weighted by atomic mass is 9.98. The van der Waals surface area contributed by atoms with Gasteiger partial charge in [0.15, 0.2) is 0 Å². The molecule has 1 aromatic rings. The first-order valence-corrected chi connectivity index (χ1v) is 8.20. The van der Waals surface area contributed by atoms with Gasteiger partial charge in [-0.1, -0.05) is 0 Å². The molecule has 1 amide bonds. The molecule has 2 bridgehead atoms. The molecule has 4 rings (SSSR count). The molecule has 4 heterocycles. The summed E-state index contributed by atoms with van der Waals surface area (Å²) in [6, 6.07) is 1.92. The second kappa shape index (κ2) is 4.83. The molecule has 2 saturated heterocycles. The minimum absolute atomic E-state index is 0.177. The number of hydrogen-bond donors (Lipinski definition) is 1. The molecule has 0 aliphatic carbocycles. The highest BCUT2D eigenvalue weighted by Crippen LogP contribution is 2.36. The average Bonchev–Trinajstić information content (AvgIpc) is 2.96. The van der Waals surface area contributed by atoms with E-state index >= 15 is 0 Å². The van der Waals surface area contributed by atoms with Crippen molar-refractivity contribution in [3.05, 3.63) is 17.2 Å². The Kier molecular flexibility index (Phi) is 3.06. The summed E-state index contributed by atoms with van der Waals surface area (Å²) >= 11 is 0. The first-order chi connectivity index (χ1) is 10.1. The lowest BCUT2D eigenvalue weighted by Gasteiger charge is -2.34. The highest BCUT2D eigenvalue weighted by Gasteiger charge is 2.36. The maximum atomic E-state index is 11.7. The van der Waals surface area contributed by atoms with Gasteiger partial charge in [-0.3, -0.25) is 4.79 Å². The van der Waals surface area contributed by atoms with Gasteiger partial charge in [0.25, 0.3) is 0 Å². The summed E-state index contributed by atoms with van der Waals surface area (Å²) < 4.78 is 2.45. The zero-order valence-corrected chi connectivity index (χ0v) is 12.9. The molecule has 5 heteroatoms. The molecule has 0 saturated carbocycles. The molecule has 1 N–H and O–H groups in total. The van der Waals surface area contributed by atoms with E-state index in [0.717, 1.165) is 25.3 Å². The lowest BCUT2D eigenvalue weighted by molar-refractivity contribution is -0.129. The third kappa shape index (κ3) is 2.18. The average molecular weight is 288 g/mol. The number of nitrogens with zero attached hydrogens (tertiary/aromatic N) is 3. The minimum atomic E-state index is 0.177. The summed E-state index contributed by atoms with van der Waals surface area (Å²) in [4.78, 5) is 18.5. The Morgan fingerprint density at radius 3 is 2.67 bits per heavy atom. The van der Waals surface area contributed by atoms with Crippen molar-refractivity contribution in [1.29, 1.82) is 0 Å². The third-order valence-electron chi connectivity index (χ3n) is 5.49. The third-order valence-corrected chi connectivity index (χ3v) is 5.49. The van der Waals surface area contributed by atoms with Crippen molar-refractivity contribution in [2.75, 3.05) is 6.54 Å². The summed E-state index contributed by atoms with van der Waals surface area (Å²) in [6.45, 7) is 5.35. The molecule has 2 unspecified atom stereocenters. The van der Waals surface area contributed by atoms with Crippen molar-refractivity contribution in [3.8, 4) is 0 Å². The predicted octanol–water partition coefficient (Wildman–Crippen LogP) is 1.55. The van der Waals surface area contributed by atoms with Gasteiger partial charge in [-0.25, -0.2) is 4.98 Å². The van der Waals surface area contributed by atoms with E-state index in [2.05, 4.69) is 16.8 Å². The van der Waals surface area contributed by atoms with Crippen LogP contribution in [0.2, 0.25) is 0 Å². The summed E-state index contributed by atoms with van der Waals surface area (Å²) in [7, 11) is 0. The van der Waals surface area contributed by atoms with Gasteiger partial charge in [0.05, 0.1) is 17.9 Å². The van der Waals surface area contributed by atoms with Crippen molar-refractivity contribution >= 4 is 5.91 Å². The zero-order valence-electron chi connectivity index (χ0n) is 12.9. The molecule has 21 heavy (non-hydrogen) atoms. The van der Waals surface area contributed by atoms with Crippen LogP contribution in [0.1, 0.15) is 55.9 Å². The largest absolute Gasteiger partial charge is 0.337 e. The highest BCUT2D eigenvalue weighted by molar-refractivity contribution is 5.73. The van der Waals surface area contributed by atoms with Gasteiger partial charge in [-0.05, 0) is 32.6 Å². The Bertz CT molecular complexity index is 567. The molecule has 1 aromatic heterocycles. The Morgan fingerprint density at radius 2 is 2.00 bits per heavy atom. The van der Waals surface area contributed by atoms with Gasteiger partial charge in [0.1, 0.15) is 5.82 Å². The number of carbonyl (C=O) groups is 1. The van der Waals surface area contributed by atoms with Crippen molar-refractivity contribution in [2.45, 2.75) is 70.6 Å². The molecule has 0 spiro atoms. The predicted molar refractivity (Wildman–Crippen MR) is 80.0 cm³/mol. The fourth-order valence-corrected chi connectivity index (χ4v) is 4.51. The number of nitrogens with one attached hydrogen (secondary N) is 1. The topological polar surface area (TPSA) is 50.2 Å². The van der Waals surface area contributed by atoms with E-state index in [1.54, 1.807) is 6.92 Å². The van der Waals surface area contributed by atoms with Crippen LogP contribution in [0.3, 0.4) is 0 Å². The number of aromatic nitrogens is 2. The van der Waals surface area contributed by atoms with Gasteiger partial charge >= 0.3 is 0 Å². The summed E-state index contributed by atoms with van der Waals surface area (Å²) in [5.41, 5.74) is 2.51. The van der Waals surface area contributed by atoms with Crippen molar-refractivity contribution in [1.82, 2.24) is 19.8 Å². The molecule has 0 radical (unpaired) electrons. The minimum Gasteiger partial charge on any atom is -0.337 e. The first-order valence-electron chi connectivity index (χ1n) is 8.20. The van der Waals surface area contributed by atoms with Crippen molar-refractivity contribution < 1.29 is 4.79 Å². The maximum Gasteiger partial charge on any atom is 0.219 e. The molecule has 2 atom stereocenters. The molecule has 3 aliphatic heterocycles. The van der Waals surface area contributed by atoms with E-state index in [0.29, 0.717) is 18.1 Å². The van der Waals surface area contributed by atoms with Crippen LogP contribution < -0.4 is 5.32 Å². The first kappa shape index (κ1) is 13.3. The van der Waals surface area contributed by atoms with Crippen LogP contribution in [0.5, 0.6) is 0 Å². The molecular weight excluding hydrogens is 264 g/mol. The quantitative estimate of drug-likeness (QED) is 0.853. The van der Waals surface area contributed by atoms with Crippen molar-refractivity contribution in [2.24, 2.45) is 0 Å². The Balaban J connectivity index is 1.66. The van der Waals surface area contributed by atoms with E-state index in [1.165, 1.54) is 37.1 Å². The monoisotopic (exact) mass is 288 g/mol. The lowest BCUT2D eigenvalue weighted by Crippen LogP contribution is -2.40. The summed E-state index contributed by atoms with van der Waals surface area (Å²) in [6.07, 6.45) is 5.95. The maximum absolute atomic E-state index is 11.7. The Hall–Kier alpha value is -1.36. The molecule has 3 aliphatic rings. The van der Waals surface area contributed by atoms with Gasteiger partial charge < -0.3 is 14.8 Å². The van der Waals surface area contributed by atoms with Crippen molar-refractivity contribution in [3.63, 3.8) is 0 Å². The smallest absolute Gasteiger partial charge is 0.219 e. The fraction of sp³-hybridized carbons (Fsp3) is 0.750. The molecular formula is C16H24N4O. The van der Waals surface area contributed by atoms with Gasteiger partial charge in [0, 0.05) is 38.0 Å². The number of rotatable bonds is 1. The summed E-state index contributed by atoms with van der Waals surface area (Å²) in [5, 5.41) is 3.71. The van der Waals surface area contributed by atoms with Crippen LogP contribution in [0.25, 0.3) is 0 Å². The highest BCUT2D eigenvalue weighted by atomic mass is 16.2. The SMILES string of the molecule is CC(=O)N1CCc2nc(C)n(C3CC4CCC(C3)N4)c2C1.